The zero-order valence-corrected chi connectivity index (χ0v) is 13.0. The van der Waals surface area contributed by atoms with Crippen molar-refractivity contribution in [1.29, 1.82) is 0 Å². The molecule has 1 N–H and O–H groups in total. The normalized spacial score (nSPS) is 10.7. The van der Waals surface area contributed by atoms with Gasteiger partial charge < -0.3 is 5.32 Å². The quantitative estimate of drug-likeness (QED) is 0.795. The van der Waals surface area contributed by atoms with Crippen molar-refractivity contribution in [3.05, 3.63) is 52.5 Å². The van der Waals surface area contributed by atoms with Crippen molar-refractivity contribution in [3.8, 4) is 10.6 Å². The zero-order valence-electron chi connectivity index (χ0n) is 11.4. The molecule has 0 aliphatic heterocycles. The van der Waals surface area contributed by atoms with Gasteiger partial charge in [0.2, 0.25) is 0 Å². The van der Waals surface area contributed by atoms with Crippen LogP contribution in [0, 0.1) is 5.82 Å². The second-order valence-electron chi connectivity index (χ2n) is 4.50. The number of hydrogen-bond acceptors (Lipinski definition) is 4. The van der Waals surface area contributed by atoms with Crippen LogP contribution in [0.4, 0.5) is 10.1 Å². The number of rotatable bonds is 3. The molecule has 0 aliphatic carbocycles. The molecule has 2 aromatic heterocycles. The third kappa shape index (κ3) is 2.86. The maximum absolute atomic E-state index is 14.0. The molecule has 0 saturated heterocycles. The molecule has 0 bridgehead atoms. The number of anilines is 1. The Bertz CT molecular complexity index is 845. The van der Waals surface area contributed by atoms with E-state index in [1.165, 1.54) is 23.6 Å². The fourth-order valence-corrected chi connectivity index (χ4v) is 2.84. The summed E-state index contributed by atoms with van der Waals surface area (Å²) in [6.45, 7) is 0. The maximum atomic E-state index is 14.0. The number of halogens is 2. The van der Waals surface area contributed by atoms with E-state index in [2.05, 4.69) is 15.4 Å². The van der Waals surface area contributed by atoms with E-state index in [9.17, 15) is 9.18 Å². The fourth-order valence-electron chi connectivity index (χ4n) is 1.85. The van der Waals surface area contributed by atoms with Crippen molar-refractivity contribution in [2.45, 2.75) is 0 Å². The molecule has 2 heterocycles. The first-order chi connectivity index (χ1) is 10.5. The Balaban J connectivity index is 1.84. The SMILES string of the molecule is Cn1cc(NC(=O)c2csc(-c3cccc(Cl)c3F)n2)cn1. The predicted octanol–water partition coefficient (Wildman–Crippen LogP) is 3.59. The number of nitrogens with zero attached hydrogens (tertiary/aromatic N) is 3. The largest absolute Gasteiger partial charge is 0.318 e. The van der Waals surface area contributed by atoms with Crippen LogP contribution in [-0.4, -0.2) is 20.7 Å². The van der Waals surface area contributed by atoms with Crippen molar-refractivity contribution in [2.24, 2.45) is 7.05 Å². The van der Waals surface area contributed by atoms with Gasteiger partial charge in [0.25, 0.3) is 5.91 Å². The van der Waals surface area contributed by atoms with Gasteiger partial charge in [0.1, 0.15) is 10.7 Å². The van der Waals surface area contributed by atoms with E-state index in [4.69, 9.17) is 11.6 Å². The number of aryl methyl sites for hydroxylation is 1. The van der Waals surface area contributed by atoms with Gasteiger partial charge in [0.05, 0.1) is 16.9 Å². The highest BCUT2D eigenvalue weighted by molar-refractivity contribution is 7.13. The molecular weight excluding hydrogens is 327 g/mol. The Hall–Kier alpha value is -2.25. The van der Waals surface area contributed by atoms with E-state index in [0.717, 1.165) is 0 Å². The lowest BCUT2D eigenvalue weighted by atomic mass is 10.2. The van der Waals surface area contributed by atoms with E-state index < -0.39 is 5.82 Å². The summed E-state index contributed by atoms with van der Waals surface area (Å²) in [5, 5.41) is 8.62. The summed E-state index contributed by atoms with van der Waals surface area (Å²) < 4.78 is 15.5. The molecule has 3 aromatic rings. The lowest BCUT2D eigenvalue weighted by Gasteiger charge is -2.00. The van der Waals surface area contributed by atoms with Gasteiger partial charge in [0, 0.05) is 24.2 Å². The Labute approximate surface area is 134 Å². The van der Waals surface area contributed by atoms with Crippen LogP contribution in [0.2, 0.25) is 5.02 Å². The summed E-state index contributed by atoms with van der Waals surface area (Å²) in [5.74, 6) is -0.921. The fraction of sp³-hybridized carbons (Fsp3) is 0.0714. The first kappa shape index (κ1) is 14.7. The van der Waals surface area contributed by atoms with Crippen LogP contribution in [0.25, 0.3) is 10.6 Å². The maximum Gasteiger partial charge on any atom is 0.275 e. The number of nitrogens with one attached hydrogen (secondary N) is 1. The minimum atomic E-state index is -0.544. The van der Waals surface area contributed by atoms with E-state index in [0.29, 0.717) is 10.7 Å². The number of carbonyl (C=O) groups excluding carboxylic acids is 1. The molecule has 3 rings (SSSR count). The van der Waals surface area contributed by atoms with Gasteiger partial charge in [-0.25, -0.2) is 9.37 Å². The van der Waals surface area contributed by atoms with E-state index in [-0.39, 0.29) is 22.2 Å². The highest BCUT2D eigenvalue weighted by Crippen LogP contribution is 2.30. The first-order valence-electron chi connectivity index (χ1n) is 6.24. The Morgan fingerprint density at radius 3 is 3.00 bits per heavy atom. The van der Waals surface area contributed by atoms with Crippen LogP contribution in [0.1, 0.15) is 10.5 Å². The summed E-state index contributed by atoms with van der Waals surface area (Å²) in [7, 11) is 1.75. The molecule has 0 saturated carbocycles. The van der Waals surface area contributed by atoms with Gasteiger partial charge in [-0.1, -0.05) is 17.7 Å². The van der Waals surface area contributed by atoms with Gasteiger partial charge in [-0.3, -0.25) is 9.48 Å². The van der Waals surface area contributed by atoms with Gasteiger partial charge >= 0.3 is 0 Å². The van der Waals surface area contributed by atoms with Crippen molar-refractivity contribution >= 4 is 34.5 Å². The topological polar surface area (TPSA) is 59.8 Å². The van der Waals surface area contributed by atoms with Gasteiger partial charge in [0.15, 0.2) is 5.82 Å². The summed E-state index contributed by atoms with van der Waals surface area (Å²) in [6.07, 6.45) is 3.20. The Kier molecular flexibility index (Phi) is 3.91. The molecule has 0 unspecified atom stereocenters. The molecule has 1 amide bonds. The molecule has 0 radical (unpaired) electrons. The zero-order chi connectivity index (χ0) is 15.7. The lowest BCUT2D eigenvalue weighted by Crippen LogP contribution is -2.11. The van der Waals surface area contributed by atoms with Crippen molar-refractivity contribution in [2.75, 3.05) is 5.32 Å². The van der Waals surface area contributed by atoms with E-state index >= 15 is 0 Å². The average molecular weight is 337 g/mol. The molecule has 5 nitrogen and oxygen atoms in total. The lowest BCUT2D eigenvalue weighted by molar-refractivity contribution is 0.102. The van der Waals surface area contributed by atoms with Crippen LogP contribution < -0.4 is 5.32 Å². The van der Waals surface area contributed by atoms with E-state index in [1.807, 2.05) is 0 Å². The molecule has 0 fully saturated rings. The highest BCUT2D eigenvalue weighted by atomic mass is 35.5. The van der Waals surface area contributed by atoms with E-state index in [1.54, 1.807) is 35.4 Å². The third-order valence-corrected chi connectivity index (χ3v) is 4.05. The number of hydrogen-bond donors (Lipinski definition) is 1. The molecule has 112 valence electrons. The highest BCUT2D eigenvalue weighted by Gasteiger charge is 2.16. The van der Waals surface area contributed by atoms with Gasteiger partial charge in [-0.2, -0.15) is 5.10 Å². The molecule has 0 spiro atoms. The molecule has 22 heavy (non-hydrogen) atoms. The second kappa shape index (κ2) is 5.86. The standard InChI is InChI=1S/C14H10ClFN4OS/c1-20-6-8(5-17-20)18-13(21)11-7-22-14(19-11)9-3-2-4-10(15)12(9)16/h2-7H,1H3,(H,18,21). The first-order valence-corrected chi connectivity index (χ1v) is 7.50. The second-order valence-corrected chi connectivity index (χ2v) is 5.76. The van der Waals surface area contributed by atoms with Crippen LogP contribution in [-0.2, 0) is 7.05 Å². The van der Waals surface area contributed by atoms with Gasteiger partial charge in [-0.15, -0.1) is 11.3 Å². The van der Waals surface area contributed by atoms with Crippen molar-refractivity contribution < 1.29 is 9.18 Å². The Morgan fingerprint density at radius 1 is 1.45 bits per heavy atom. The van der Waals surface area contributed by atoms with Crippen LogP contribution in [0.15, 0.2) is 36.0 Å². The van der Waals surface area contributed by atoms with Crippen LogP contribution in [0.5, 0.6) is 0 Å². The molecule has 8 heteroatoms. The Morgan fingerprint density at radius 2 is 2.27 bits per heavy atom. The average Bonchev–Trinajstić information content (AvgIpc) is 3.11. The minimum Gasteiger partial charge on any atom is -0.318 e. The smallest absolute Gasteiger partial charge is 0.275 e. The minimum absolute atomic E-state index is 0.0223. The van der Waals surface area contributed by atoms with Crippen LogP contribution >= 0.6 is 22.9 Å². The number of thiazole rings is 1. The third-order valence-electron chi connectivity index (χ3n) is 2.88. The molecular formula is C14H10ClFN4OS. The van der Waals surface area contributed by atoms with Crippen molar-refractivity contribution in [1.82, 2.24) is 14.8 Å². The summed E-state index contributed by atoms with van der Waals surface area (Å²) in [5.41, 5.74) is 1.05. The molecule has 0 atom stereocenters. The molecule has 0 aliphatic rings. The summed E-state index contributed by atoms with van der Waals surface area (Å²) >= 11 is 6.93. The van der Waals surface area contributed by atoms with Crippen LogP contribution in [0.3, 0.4) is 0 Å². The number of benzene rings is 1. The predicted molar refractivity (Wildman–Crippen MR) is 83.7 cm³/mol. The molecule has 1 aromatic carbocycles. The number of carbonyl (C=O) groups is 1. The number of aromatic nitrogens is 3. The number of amides is 1. The summed E-state index contributed by atoms with van der Waals surface area (Å²) in [4.78, 5) is 16.3. The monoisotopic (exact) mass is 336 g/mol. The van der Waals surface area contributed by atoms with Gasteiger partial charge in [-0.05, 0) is 12.1 Å². The summed E-state index contributed by atoms with van der Waals surface area (Å²) in [6, 6.07) is 4.67. The van der Waals surface area contributed by atoms with Crippen molar-refractivity contribution in [3.63, 3.8) is 0 Å².